The van der Waals surface area contributed by atoms with Gasteiger partial charge in [0, 0.05) is 10.9 Å². The van der Waals surface area contributed by atoms with E-state index < -0.39 is 0 Å². The molecule has 1 aliphatic rings. The second-order valence-corrected chi connectivity index (χ2v) is 4.75. The fourth-order valence-corrected chi connectivity index (χ4v) is 2.52. The Bertz CT molecular complexity index is 521. The van der Waals surface area contributed by atoms with E-state index in [0.717, 1.165) is 30.9 Å². The van der Waals surface area contributed by atoms with Gasteiger partial charge in [-0.15, -0.1) is 11.3 Å². The summed E-state index contributed by atoms with van der Waals surface area (Å²) in [6, 6.07) is 6.41. The first-order valence-corrected chi connectivity index (χ1v) is 6.12. The second-order valence-electron chi connectivity index (χ2n) is 3.86. The average molecular weight is 232 g/mol. The molecule has 0 spiro atoms. The van der Waals surface area contributed by atoms with Gasteiger partial charge in [0.25, 0.3) is 0 Å². The number of ether oxygens (including phenoxy) is 1. The summed E-state index contributed by atoms with van der Waals surface area (Å²) >= 11 is 1.48. The lowest BCUT2D eigenvalue weighted by Gasteiger charge is -2.16. The minimum absolute atomic E-state index is 0.621. The zero-order valence-corrected chi connectivity index (χ0v) is 9.59. The smallest absolute Gasteiger partial charge is 0.180 e. The first-order chi connectivity index (χ1) is 7.83. The zero-order valence-electron chi connectivity index (χ0n) is 8.77. The predicted octanol–water partition coefficient (Wildman–Crippen LogP) is 2.47. The first-order valence-electron chi connectivity index (χ1n) is 5.24. The van der Waals surface area contributed by atoms with Crippen LogP contribution in [0.1, 0.15) is 11.1 Å². The van der Waals surface area contributed by atoms with E-state index in [-0.39, 0.29) is 0 Å². The van der Waals surface area contributed by atoms with E-state index in [2.05, 4.69) is 23.2 Å². The van der Waals surface area contributed by atoms with Gasteiger partial charge in [-0.25, -0.2) is 4.98 Å². The van der Waals surface area contributed by atoms with Crippen molar-refractivity contribution in [2.45, 2.75) is 13.0 Å². The number of thiazole rings is 1. The molecule has 0 amide bonds. The molecule has 2 aromatic rings. The van der Waals surface area contributed by atoms with Crippen LogP contribution in [0.3, 0.4) is 0 Å². The van der Waals surface area contributed by atoms with E-state index in [4.69, 9.17) is 10.5 Å². The quantitative estimate of drug-likeness (QED) is 0.821. The van der Waals surface area contributed by atoms with Gasteiger partial charge in [0.2, 0.25) is 0 Å². The van der Waals surface area contributed by atoms with Crippen LogP contribution in [0.15, 0.2) is 23.6 Å². The Hall–Kier alpha value is -1.39. The number of fused-ring (bicyclic) bond motifs is 1. The van der Waals surface area contributed by atoms with Crippen LogP contribution in [0.4, 0.5) is 5.13 Å². The van der Waals surface area contributed by atoms with Gasteiger partial charge in [0.15, 0.2) is 5.13 Å². The van der Waals surface area contributed by atoms with Gasteiger partial charge in [-0.2, -0.15) is 0 Å². The third-order valence-corrected chi connectivity index (χ3v) is 3.47. The molecule has 4 heteroatoms. The third-order valence-electron chi connectivity index (χ3n) is 2.80. The number of hydrogen-bond acceptors (Lipinski definition) is 4. The van der Waals surface area contributed by atoms with E-state index >= 15 is 0 Å². The molecule has 0 bridgehead atoms. The lowest BCUT2D eigenvalue weighted by atomic mass is 9.99. The highest BCUT2D eigenvalue weighted by atomic mass is 32.1. The maximum Gasteiger partial charge on any atom is 0.180 e. The Kier molecular flexibility index (Phi) is 2.38. The Morgan fingerprint density at radius 2 is 2.25 bits per heavy atom. The van der Waals surface area contributed by atoms with Gasteiger partial charge >= 0.3 is 0 Å². The number of benzene rings is 1. The number of nitrogen functional groups attached to an aromatic ring is 1. The molecule has 0 fully saturated rings. The second kappa shape index (κ2) is 3.88. The number of hydrogen-bond donors (Lipinski definition) is 1. The number of anilines is 1. The molecule has 0 atom stereocenters. The minimum Gasteiger partial charge on any atom is -0.376 e. The average Bonchev–Trinajstić information content (AvgIpc) is 2.75. The molecule has 0 radical (unpaired) electrons. The molecule has 1 aliphatic heterocycles. The van der Waals surface area contributed by atoms with E-state index in [9.17, 15) is 0 Å². The summed E-state index contributed by atoms with van der Waals surface area (Å²) in [4.78, 5) is 4.29. The minimum atomic E-state index is 0.621. The Balaban J connectivity index is 2.02. The summed E-state index contributed by atoms with van der Waals surface area (Å²) in [6.45, 7) is 1.55. The Morgan fingerprint density at radius 3 is 3.06 bits per heavy atom. The van der Waals surface area contributed by atoms with Crippen molar-refractivity contribution in [2.75, 3.05) is 12.3 Å². The Morgan fingerprint density at radius 1 is 1.31 bits per heavy atom. The van der Waals surface area contributed by atoms with E-state index in [1.165, 1.54) is 22.5 Å². The standard InChI is InChI=1S/C12H12N2OS/c13-12-14-11(7-16-12)9-1-2-10-6-15-4-3-8(10)5-9/h1-2,5,7H,3-4,6H2,(H2,13,14). The summed E-state index contributed by atoms with van der Waals surface area (Å²) in [5.41, 5.74) is 10.4. The van der Waals surface area contributed by atoms with Gasteiger partial charge in [0.1, 0.15) is 0 Å². The first kappa shape index (κ1) is 9.81. The number of rotatable bonds is 1. The fourth-order valence-electron chi connectivity index (χ4n) is 1.94. The van der Waals surface area contributed by atoms with Crippen LogP contribution < -0.4 is 5.73 Å². The predicted molar refractivity (Wildman–Crippen MR) is 65.3 cm³/mol. The molecule has 2 N–H and O–H groups in total. The Labute approximate surface area is 97.9 Å². The van der Waals surface area contributed by atoms with Crippen LogP contribution in [-0.4, -0.2) is 11.6 Å². The van der Waals surface area contributed by atoms with Crippen LogP contribution in [0.2, 0.25) is 0 Å². The number of nitrogens with two attached hydrogens (primary N) is 1. The molecule has 16 heavy (non-hydrogen) atoms. The lowest BCUT2D eigenvalue weighted by Crippen LogP contribution is -2.09. The van der Waals surface area contributed by atoms with Crippen LogP contribution in [-0.2, 0) is 17.8 Å². The summed E-state index contributed by atoms with van der Waals surface area (Å²) in [7, 11) is 0. The van der Waals surface area contributed by atoms with E-state index in [0.29, 0.717) is 5.13 Å². The van der Waals surface area contributed by atoms with Crippen LogP contribution in [0.5, 0.6) is 0 Å². The van der Waals surface area contributed by atoms with Crippen molar-refractivity contribution < 1.29 is 4.74 Å². The van der Waals surface area contributed by atoms with E-state index in [1.54, 1.807) is 0 Å². The van der Waals surface area contributed by atoms with Crippen molar-refractivity contribution in [3.05, 3.63) is 34.7 Å². The molecule has 3 rings (SSSR count). The van der Waals surface area contributed by atoms with Crippen molar-refractivity contribution in [3.63, 3.8) is 0 Å². The van der Waals surface area contributed by atoms with Crippen LogP contribution in [0, 0.1) is 0 Å². The molecule has 0 saturated heterocycles. The summed E-state index contributed by atoms with van der Waals surface area (Å²) in [6.07, 6.45) is 0.989. The molecule has 2 heterocycles. The molecule has 0 aliphatic carbocycles. The van der Waals surface area contributed by atoms with Crippen molar-refractivity contribution >= 4 is 16.5 Å². The zero-order chi connectivity index (χ0) is 11.0. The molecular weight excluding hydrogens is 220 g/mol. The van der Waals surface area contributed by atoms with Gasteiger partial charge in [0.05, 0.1) is 18.9 Å². The molecule has 0 saturated carbocycles. The van der Waals surface area contributed by atoms with Crippen LogP contribution in [0.25, 0.3) is 11.3 Å². The molecule has 1 aromatic heterocycles. The topological polar surface area (TPSA) is 48.1 Å². The van der Waals surface area contributed by atoms with Crippen LogP contribution >= 0.6 is 11.3 Å². The SMILES string of the molecule is Nc1nc(-c2ccc3c(c2)CCOC3)cs1. The van der Waals surface area contributed by atoms with Crippen molar-refractivity contribution in [1.29, 1.82) is 0 Å². The highest BCUT2D eigenvalue weighted by molar-refractivity contribution is 7.13. The molecule has 82 valence electrons. The maximum absolute atomic E-state index is 5.64. The fraction of sp³-hybridized carbons (Fsp3) is 0.250. The lowest BCUT2D eigenvalue weighted by molar-refractivity contribution is 0.111. The van der Waals surface area contributed by atoms with Gasteiger partial charge < -0.3 is 10.5 Å². The molecular formula is C12H12N2OS. The molecule has 3 nitrogen and oxygen atoms in total. The van der Waals surface area contributed by atoms with Crippen molar-refractivity contribution in [2.24, 2.45) is 0 Å². The summed E-state index contributed by atoms with van der Waals surface area (Å²) in [5, 5.41) is 2.62. The molecule has 0 unspecified atom stereocenters. The maximum atomic E-state index is 5.64. The largest absolute Gasteiger partial charge is 0.376 e. The number of nitrogens with zero attached hydrogens (tertiary/aromatic N) is 1. The van der Waals surface area contributed by atoms with Gasteiger partial charge in [-0.1, -0.05) is 12.1 Å². The van der Waals surface area contributed by atoms with E-state index in [1.807, 2.05) is 5.38 Å². The summed E-state index contributed by atoms with van der Waals surface area (Å²) in [5.74, 6) is 0. The monoisotopic (exact) mass is 232 g/mol. The van der Waals surface area contributed by atoms with Crippen molar-refractivity contribution in [1.82, 2.24) is 4.98 Å². The number of aromatic nitrogens is 1. The highest BCUT2D eigenvalue weighted by Gasteiger charge is 2.11. The normalized spacial score (nSPS) is 14.8. The van der Waals surface area contributed by atoms with Gasteiger partial charge in [-0.3, -0.25) is 0 Å². The van der Waals surface area contributed by atoms with Crippen molar-refractivity contribution in [3.8, 4) is 11.3 Å². The molecule has 1 aromatic carbocycles. The summed E-state index contributed by atoms with van der Waals surface area (Å²) < 4.78 is 5.41. The van der Waals surface area contributed by atoms with Gasteiger partial charge in [-0.05, 0) is 23.6 Å². The third kappa shape index (κ3) is 1.70. The highest BCUT2D eigenvalue weighted by Crippen LogP contribution is 2.27.